The highest BCUT2D eigenvalue weighted by Gasteiger charge is 2.40. The standard InChI is InChI=1S/C20H24N2OS/c1-13-3-6-16(11-14(13)2)21-19(23)12-22-9-7-18-17(8-10-24-18)20(22)15-4-5-15/h3,6,8,10-11,15,20H,4-5,7,9,12H2,1-2H3,(H,21,23)/t20-/m1/s1. The number of hydrogen-bond donors (Lipinski definition) is 1. The van der Waals surface area contributed by atoms with Crippen molar-refractivity contribution in [2.45, 2.75) is 39.2 Å². The molecule has 0 radical (unpaired) electrons. The molecule has 0 bridgehead atoms. The maximum absolute atomic E-state index is 12.6. The second kappa shape index (κ2) is 6.34. The van der Waals surface area contributed by atoms with Crippen molar-refractivity contribution < 1.29 is 4.79 Å². The summed E-state index contributed by atoms with van der Waals surface area (Å²) < 4.78 is 0. The molecule has 1 saturated carbocycles. The lowest BCUT2D eigenvalue weighted by atomic mass is 9.96. The number of nitrogens with zero attached hydrogens (tertiary/aromatic N) is 1. The zero-order valence-corrected chi connectivity index (χ0v) is 15.2. The quantitative estimate of drug-likeness (QED) is 0.899. The Hall–Kier alpha value is -1.65. The molecule has 2 aromatic rings. The van der Waals surface area contributed by atoms with Crippen LogP contribution in [-0.2, 0) is 11.2 Å². The molecule has 0 saturated heterocycles. The van der Waals surface area contributed by atoms with E-state index in [0.29, 0.717) is 12.6 Å². The van der Waals surface area contributed by atoms with E-state index in [9.17, 15) is 4.79 Å². The third kappa shape index (κ3) is 3.13. The van der Waals surface area contributed by atoms with E-state index in [1.807, 2.05) is 17.4 Å². The number of nitrogens with one attached hydrogen (secondary N) is 1. The van der Waals surface area contributed by atoms with Gasteiger partial charge < -0.3 is 5.32 Å². The topological polar surface area (TPSA) is 32.3 Å². The zero-order valence-electron chi connectivity index (χ0n) is 14.3. The van der Waals surface area contributed by atoms with Crippen molar-refractivity contribution in [2.24, 2.45) is 5.92 Å². The Labute approximate surface area is 147 Å². The number of rotatable bonds is 4. The second-order valence-electron chi connectivity index (χ2n) is 7.15. The van der Waals surface area contributed by atoms with Gasteiger partial charge in [0, 0.05) is 23.2 Å². The number of aryl methyl sites for hydroxylation is 2. The van der Waals surface area contributed by atoms with Crippen molar-refractivity contribution in [1.82, 2.24) is 4.90 Å². The predicted molar refractivity (Wildman–Crippen MR) is 99.6 cm³/mol. The van der Waals surface area contributed by atoms with Crippen LogP contribution in [0.25, 0.3) is 0 Å². The Morgan fingerprint density at radius 1 is 1.25 bits per heavy atom. The third-order valence-corrected chi connectivity index (χ3v) is 6.32. The monoisotopic (exact) mass is 340 g/mol. The van der Waals surface area contributed by atoms with Gasteiger partial charge in [0.25, 0.3) is 0 Å². The van der Waals surface area contributed by atoms with Gasteiger partial charge in [0.2, 0.25) is 5.91 Å². The summed E-state index contributed by atoms with van der Waals surface area (Å²) in [5.74, 6) is 0.843. The van der Waals surface area contributed by atoms with E-state index >= 15 is 0 Å². The van der Waals surface area contributed by atoms with Crippen molar-refractivity contribution in [3.05, 3.63) is 51.2 Å². The van der Waals surface area contributed by atoms with Gasteiger partial charge in [-0.15, -0.1) is 11.3 Å². The van der Waals surface area contributed by atoms with Crippen molar-refractivity contribution in [1.29, 1.82) is 0 Å². The first-order valence-corrected chi connectivity index (χ1v) is 9.67. The molecule has 1 aromatic heterocycles. The molecule has 1 atom stereocenters. The highest BCUT2D eigenvalue weighted by atomic mass is 32.1. The smallest absolute Gasteiger partial charge is 0.238 e. The molecule has 24 heavy (non-hydrogen) atoms. The number of benzene rings is 1. The van der Waals surface area contributed by atoms with Crippen LogP contribution >= 0.6 is 11.3 Å². The maximum atomic E-state index is 12.6. The van der Waals surface area contributed by atoms with E-state index in [0.717, 1.165) is 24.6 Å². The highest BCUT2D eigenvalue weighted by Crippen LogP contribution is 2.48. The summed E-state index contributed by atoms with van der Waals surface area (Å²) in [7, 11) is 0. The summed E-state index contributed by atoms with van der Waals surface area (Å²) in [6.45, 7) is 5.66. The molecule has 1 aliphatic carbocycles. The molecule has 4 rings (SSSR count). The van der Waals surface area contributed by atoms with E-state index in [4.69, 9.17) is 0 Å². The van der Waals surface area contributed by atoms with Gasteiger partial charge in [0.15, 0.2) is 0 Å². The number of carbonyl (C=O) groups excluding carboxylic acids is 1. The van der Waals surface area contributed by atoms with Crippen molar-refractivity contribution in [3.63, 3.8) is 0 Å². The van der Waals surface area contributed by atoms with Crippen molar-refractivity contribution in [3.8, 4) is 0 Å². The van der Waals surface area contributed by atoms with Crippen LogP contribution in [0.1, 0.15) is 40.5 Å². The number of hydrogen-bond acceptors (Lipinski definition) is 3. The van der Waals surface area contributed by atoms with Crippen LogP contribution < -0.4 is 5.32 Å². The van der Waals surface area contributed by atoms with Crippen molar-refractivity contribution >= 4 is 22.9 Å². The molecule has 126 valence electrons. The molecule has 1 aromatic carbocycles. The lowest BCUT2D eigenvalue weighted by Gasteiger charge is -2.35. The summed E-state index contributed by atoms with van der Waals surface area (Å²) in [5, 5.41) is 5.28. The zero-order chi connectivity index (χ0) is 16.7. The van der Waals surface area contributed by atoms with Crippen LogP contribution in [0, 0.1) is 19.8 Å². The molecular formula is C20H24N2OS. The molecule has 1 N–H and O–H groups in total. The van der Waals surface area contributed by atoms with Gasteiger partial charge in [-0.25, -0.2) is 0 Å². The fourth-order valence-electron chi connectivity index (χ4n) is 3.74. The molecule has 0 unspecified atom stereocenters. The van der Waals surface area contributed by atoms with E-state index in [-0.39, 0.29) is 5.91 Å². The SMILES string of the molecule is Cc1ccc(NC(=O)CN2CCc3sccc3[C@H]2C2CC2)cc1C. The van der Waals surface area contributed by atoms with Crippen LogP contribution in [0.15, 0.2) is 29.6 Å². The number of fused-ring (bicyclic) bond motifs is 1. The van der Waals surface area contributed by atoms with E-state index in [1.165, 1.54) is 34.4 Å². The summed E-state index contributed by atoms with van der Waals surface area (Å²) in [5.41, 5.74) is 4.85. The van der Waals surface area contributed by atoms with Gasteiger partial charge in [-0.3, -0.25) is 9.69 Å². The first-order chi connectivity index (χ1) is 11.6. The normalized spacial score (nSPS) is 20.7. The van der Waals surface area contributed by atoms with Gasteiger partial charge in [-0.05, 0) is 79.3 Å². The minimum absolute atomic E-state index is 0.0996. The fraction of sp³-hybridized carbons (Fsp3) is 0.450. The molecule has 3 nitrogen and oxygen atoms in total. The fourth-order valence-corrected chi connectivity index (χ4v) is 4.66. The second-order valence-corrected chi connectivity index (χ2v) is 8.15. The molecule has 4 heteroatoms. The first kappa shape index (κ1) is 15.9. The molecule has 1 fully saturated rings. The maximum Gasteiger partial charge on any atom is 0.238 e. The Morgan fingerprint density at radius 2 is 2.08 bits per heavy atom. The Kier molecular flexibility index (Phi) is 4.19. The summed E-state index contributed by atoms with van der Waals surface area (Å²) >= 11 is 1.87. The highest BCUT2D eigenvalue weighted by molar-refractivity contribution is 7.10. The van der Waals surface area contributed by atoms with Crippen LogP contribution in [-0.4, -0.2) is 23.9 Å². The molecule has 2 heterocycles. The van der Waals surface area contributed by atoms with E-state index in [1.54, 1.807) is 0 Å². The summed E-state index contributed by atoms with van der Waals surface area (Å²) in [6, 6.07) is 8.84. The van der Waals surface area contributed by atoms with Gasteiger partial charge in [-0.1, -0.05) is 6.07 Å². The molecule has 1 aliphatic heterocycles. The minimum Gasteiger partial charge on any atom is -0.325 e. The Bertz CT molecular complexity index is 763. The number of thiophene rings is 1. The lowest BCUT2D eigenvalue weighted by Crippen LogP contribution is -2.41. The number of carbonyl (C=O) groups is 1. The third-order valence-electron chi connectivity index (χ3n) is 5.32. The molecule has 1 amide bonds. The summed E-state index contributed by atoms with van der Waals surface area (Å²) in [4.78, 5) is 16.5. The lowest BCUT2D eigenvalue weighted by molar-refractivity contribution is -0.118. The van der Waals surface area contributed by atoms with Crippen LogP contribution in [0.3, 0.4) is 0 Å². The Balaban J connectivity index is 1.46. The molecule has 0 spiro atoms. The average molecular weight is 340 g/mol. The van der Waals surface area contributed by atoms with Crippen molar-refractivity contribution in [2.75, 3.05) is 18.4 Å². The number of amides is 1. The van der Waals surface area contributed by atoms with Gasteiger partial charge in [-0.2, -0.15) is 0 Å². The van der Waals surface area contributed by atoms with Gasteiger partial charge >= 0.3 is 0 Å². The minimum atomic E-state index is 0.0996. The van der Waals surface area contributed by atoms with E-state index < -0.39 is 0 Å². The largest absolute Gasteiger partial charge is 0.325 e. The summed E-state index contributed by atoms with van der Waals surface area (Å²) in [6.07, 6.45) is 3.68. The molecular weight excluding hydrogens is 316 g/mol. The van der Waals surface area contributed by atoms with E-state index in [2.05, 4.69) is 47.6 Å². The number of anilines is 1. The Morgan fingerprint density at radius 3 is 2.83 bits per heavy atom. The van der Waals surface area contributed by atoms with Crippen LogP contribution in [0.2, 0.25) is 0 Å². The average Bonchev–Trinajstić information content (AvgIpc) is 3.27. The van der Waals surface area contributed by atoms with Gasteiger partial charge in [0.1, 0.15) is 0 Å². The van der Waals surface area contributed by atoms with Gasteiger partial charge in [0.05, 0.1) is 6.54 Å². The van der Waals surface area contributed by atoms with Crippen LogP contribution in [0.5, 0.6) is 0 Å². The molecule has 2 aliphatic rings. The first-order valence-electron chi connectivity index (χ1n) is 8.79. The van der Waals surface area contributed by atoms with Crippen LogP contribution in [0.4, 0.5) is 5.69 Å². The predicted octanol–water partition coefficient (Wildman–Crippen LogP) is 4.31.